The first-order valence-electron chi connectivity index (χ1n) is 8.20. The zero-order valence-corrected chi connectivity index (χ0v) is 14.8. The van der Waals surface area contributed by atoms with Gasteiger partial charge in [0.1, 0.15) is 12.4 Å². The van der Waals surface area contributed by atoms with E-state index >= 15 is 0 Å². The Morgan fingerprint density at radius 2 is 2.15 bits per heavy atom. The Kier molecular flexibility index (Phi) is 4.49. The molecule has 0 bridgehead atoms. The monoisotopic (exact) mass is 371 g/mol. The van der Waals surface area contributed by atoms with E-state index in [1.165, 1.54) is 11.3 Å². The van der Waals surface area contributed by atoms with Crippen molar-refractivity contribution >= 4 is 32.6 Å². The molecule has 3 aromatic rings. The molecule has 8 heteroatoms. The molecule has 2 aromatic carbocycles. The van der Waals surface area contributed by atoms with Crippen LogP contribution in [0, 0.1) is 0 Å². The van der Waals surface area contributed by atoms with Gasteiger partial charge in [0, 0.05) is 0 Å². The number of ether oxygens (including phenoxy) is 3. The molecule has 134 valence electrons. The zero-order chi connectivity index (χ0) is 17.9. The predicted octanol–water partition coefficient (Wildman–Crippen LogP) is 2.98. The third kappa shape index (κ3) is 3.36. The molecule has 1 aromatic heterocycles. The number of anilines is 1. The van der Waals surface area contributed by atoms with Crippen molar-refractivity contribution in [3.05, 3.63) is 42.5 Å². The third-order valence-corrected chi connectivity index (χ3v) is 4.70. The van der Waals surface area contributed by atoms with Crippen molar-refractivity contribution in [2.45, 2.75) is 13.0 Å². The number of benzene rings is 2. The fourth-order valence-corrected chi connectivity index (χ4v) is 3.41. The van der Waals surface area contributed by atoms with Crippen LogP contribution < -0.4 is 25.1 Å². The van der Waals surface area contributed by atoms with Gasteiger partial charge < -0.3 is 14.2 Å². The number of aromatic nitrogens is 1. The van der Waals surface area contributed by atoms with E-state index in [-0.39, 0.29) is 12.5 Å². The van der Waals surface area contributed by atoms with Crippen molar-refractivity contribution in [3.8, 4) is 17.2 Å². The highest BCUT2D eigenvalue weighted by Gasteiger charge is 2.27. The van der Waals surface area contributed by atoms with Crippen LogP contribution >= 0.6 is 11.3 Å². The van der Waals surface area contributed by atoms with Gasteiger partial charge >= 0.3 is 0 Å². The van der Waals surface area contributed by atoms with Crippen molar-refractivity contribution in [2.24, 2.45) is 0 Å². The highest BCUT2D eigenvalue weighted by molar-refractivity contribution is 7.22. The Hall–Kier alpha value is -3.00. The average molecular weight is 371 g/mol. The smallest absolute Gasteiger partial charge is 0.283 e. The highest BCUT2D eigenvalue weighted by atomic mass is 32.1. The van der Waals surface area contributed by atoms with Gasteiger partial charge in [-0.2, -0.15) is 0 Å². The SMILES string of the molecule is CCOc1ccc2nc(NNC(=O)C3COc4ccccc4O3)sc2c1. The minimum absolute atomic E-state index is 0.155. The van der Waals surface area contributed by atoms with Gasteiger partial charge in [0.25, 0.3) is 5.91 Å². The Labute approximate surface area is 153 Å². The Bertz CT molecular complexity index is 943. The van der Waals surface area contributed by atoms with Crippen molar-refractivity contribution in [1.29, 1.82) is 0 Å². The molecule has 1 atom stereocenters. The quantitative estimate of drug-likeness (QED) is 0.671. The summed E-state index contributed by atoms with van der Waals surface area (Å²) in [6.45, 7) is 2.70. The fourth-order valence-electron chi connectivity index (χ4n) is 2.56. The number of para-hydroxylation sites is 2. The summed E-state index contributed by atoms with van der Waals surface area (Å²) in [5.41, 5.74) is 6.30. The molecule has 1 aliphatic rings. The first-order chi connectivity index (χ1) is 12.7. The van der Waals surface area contributed by atoms with Crippen molar-refractivity contribution in [3.63, 3.8) is 0 Å². The number of carbonyl (C=O) groups excluding carboxylic acids is 1. The Morgan fingerprint density at radius 3 is 3.00 bits per heavy atom. The molecular formula is C18H17N3O4S. The van der Waals surface area contributed by atoms with Crippen LogP contribution in [0.15, 0.2) is 42.5 Å². The number of amides is 1. The van der Waals surface area contributed by atoms with Gasteiger partial charge in [-0.05, 0) is 37.3 Å². The topological polar surface area (TPSA) is 81.7 Å². The third-order valence-electron chi connectivity index (χ3n) is 3.76. The highest BCUT2D eigenvalue weighted by Crippen LogP contribution is 2.31. The van der Waals surface area contributed by atoms with Gasteiger partial charge in [-0.3, -0.25) is 15.6 Å². The second-order valence-electron chi connectivity index (χ2n) is 5.56. The minimum Gasteiger partial charge on any atom is -0.494 e. The predicted molar refractivity (Wildman–Crippen MR) is 98.9 cm³/mol. The molecule has 1 unspecified atom stereocenters. The molecule has 2 heterocycles. The van der Waals surface area contributed by atoms with E-state index in [0.29, 0.717) is 23.2 Å². The standard InChI is InChI=1S/C18H17N3O4S/c1-2-23-11-7-8-12-16(9-11)26-18(19-12)21-20-17(22)15-10-24-13-5-3-4-6-14(13)25-15/h3-9,15H,2,10H2,1H3,(H,19,21)(H,20,22). The zero-order valence-electron chi connectivity index (χ0n) is 14.0. The Morgan fingerprint density at radius 1 is 1.31 bits per heavy atom. The molecular weight excluding hydrogens is 354 g/mol. The molecule has 26 heavy (non-hydrogen) atoms. The van der Waals surface area contributed by atoms with Crippen molar-refractivity contribution in [2.75, 3.05) is 18.6 Å². The summed E-state index contributed by atoms with van der Waals surface area (Å²) in [5.74, 6) is 1.67. The van der Waals surface area contributed by atoms with Crippen LogP contribution in [0.4, 0.5) is 5.13 Å². The molecule has 0 saturated carbocycles. The van der Waals surface area contributed by atoms with Gasteiger partial charge in [-0.25, -0.2) is 4.98 Å². The van der Waals surface area contributed by atoms with E-state index in [0.717, 1.165) is 16.0 Å². The molecule has 0 fully saturated rings. The number of hydrogen-bond donors (Lipinski definition) is 2. The normalized spacial score (nSPS) is 15.5. The summed E-state index contributed by atoms with van der Waals surface area (Å²) < 4.78 is 17.7. The first-order valence-corrected chi connectivity index (χ1v) is 9.02. The summed E-state index contributed by atoms with van der Waals surface area (Å²) in [7, 11) is 0. The lowest BCUT2D eigenvalue weighted by Gasteiger charge is -2.25. The molecule has 0 spiro atoms. The summed E-state index contributed by atoms with van der Waals surface area (Å²) in [4.78, 5) is 16.7. The lowest BCUT2D eigenvalue weighted by Crippen LogP contribution is -2.45. The number of hydrazine groups is 1. The summed E-state index contributed by atoms with van der Waals surface area (Å²) in [5, 5.41) is 0.583. The van der Waals surface area contributed by atoms with Crippen LogP contribution in [0.1, 0.15) is 6.92 Å². The number of thiazole rings is 1. The lowest BCUT2D eigenvalue weighted by molar-refractivity contribution is -0.129. The van der Waals surface area contributed by atoms with E-state index < -0.39 is 6.10 Å². The Balaban J connectivity index is 1.39. The lowest BCUT2D eigenvalue weighted by atomic mass is 10.2. The van der Waals surface area contributed by atoms with Crippen LogP contribution in [-0.2, 0) is 4.79 Å². The molecule has 7 nitrogen and oxygen atoms in total. The van der Waals surface area contributed by atoms with E-state index in [2.05, 4.69) is 15.8 Å². The van der Waals surface area contributed by atoms with Gasteiger partial charge in [0.15, 0.2) is 11.5 Å². The van der Waals surface area contributed by atoms with Crippen LogP contribution in [-0.4, -0.2) is 30.2 Å². The minimum atomic E-state index is -0.726. The molecule has 0 saturated heterocycles. The number of rotatable bonds is 5. The van der Waals surface area contributed by atoms with Crippen molar-refractivity contribution in [1.82, 2.24) is 10.4 Å². The summed E-state index contributed by atoms with van der Waals surface area (Å²) >= 11 is 1.43. The summed E-state index contributed by atoms with van der Waals surface area (Å²) in [6, 6.07) is 13.0. The molecule has 4 rings (SSSR count). The molecule has 1 aliphatic heterocycles. The number of nitrogens with one attached hydrogen (secondary N) is 2. The van der Waals surface area contributed by atoms with Gasteiger partial charge in [0.2, 0.25) is 11.2 Å². The summed E-state index contributed by atoms with van der Waals surface area (Å²) in [6.07, 6.45) is -0.726. The van der Waals surface area contributed by atoms with Crippen LogP contribution in [0.2, 0.25) is 0 Å². The van der Waals surface area contributed by atoms with E-state index in [9.17, 15) is 4.79 Å². The number of fused-ring (bicyclic) bond motifs is 2. The van der Waals surface area contributed by atoms with Gasteiger partial charge in [-0.15, -0.1) is 0 Å². The van der Waals surface area contributed by atoms with Gasteiger partial charge in [-0.1, -0.05) is 23.5 Å². The van der Waals surface area contributed by atoms with E-state index in [4.69, 9.17) is 14.2 Å². The fraction of sp³-hybridized carbons (Fsp3) is 0.222. The second-order valence-corrected chi connectivity index (χ2v) is 6.59. The molecule has 0 aliphatic carbocycles. The molecule has 1 amide bonds. The molecule has 0 radical (unpaired) electrons. The molecule has 2 N–H and O–H groups in total. The average Bonchev–Trinajstić information content (AvgIpc) is 3.08. The largest absolute Gasteiger partial charge is 0.494 e. The van der Waals surface area contributed by atoms with Crippen LogP contribution in [0.5, 0.6) is 17.2 Å². The maximum Gasteiger partial charge on any atom is 0.283 e. The van der Waals surface area contributed by atoms with E-state index in [1.807, 2.05) is 37.3 Å². The van der Waals surface area contributed by atoms with E-state index in [1.54, 1.807) is 12.1 Å². The van der Waals surface area contributed by atoms with Crippen LogP contribution in [0.3, 0.4) is 0 Å². The number of hydrogen-bond acceptors (Lipinski definition) is 7. The number of carbonyl (C=O) groups is 1. The maximum atomic E-state index is 12.3. The first kappa shape index (κ1) is 16.5. The number of nitrogens with zero attached hydrogens (tertiary/aromatic N) is 1. The van der Waals surface area contributed by atoms with Gasteiger partial charge in [0.05, 0.1) is 16.8 Å². The van der Waals surface area contributed by atoms with Crippen molar-refractivity contribution < 1.29 is 19.0 Å². The second kappa shape index (κ2) is 7.09. The van der Waals surface area contributed by atoms with Crippen LogP contribution in [0.25, 0.3) is 10.2 Å². The maximum absolute atomic E-state index is 12.3.